The fourth-order valence-electron chi connectivity index (χ4n) is 1.43. The predicted octanol–water partition coefficient (Wildman–Crippen LogP) is 2.22. The summed E-state index contributed by atoms with van der Waals surface area (Å²) >= 11 is 11.5. The van der Waals surface area contributed by atoms with Gasteiger partial charge in [-0.2, -0.15) is 5.10 Å². The Kier molecular flexibility index (Phi) is 3.89. The Labute approximate surface area is 123 Å². The highest BCUT2D eigenvalue weighted by molar-refractivity contribution is 7.92. The number of carboxylic acid groups (broad SMARTS) is 1. The summed E-state index contributed by atoms with van der Waals surface area (Å²) in [5.41, 5.74) is -0.218. The van der Waals surface area contributed by atoms with Gasteiger partial charge in [0.15, 0.2) is 0 Å². The van der Waals surface area contributed by atoms with E-state index in [1.807, 2.05) is 0 Å². The number of nitrogens with zero attached hydrogens (tertiary/aromatic N) is 1. The number of halogens is 2. The quantitative estimate of drug-likeness (QED) is 0.792. The molecule has 10 heteroatoms. The second kappa shape index (κ2) is 5.31. The van der Waals surface area contributed by atoms with Gasteiger partial charge in [0.25, 0.3) is 10.0 Å². The second-order valence-electron chi connectivity index (χ2n) is 3.66. The molecule has 1 aromatic heterocycles. The van der Waals surface area contributed by atoms with E-state index < -0.39 is 31.5 Å². The van der Waals surface area contributed by atoms with Crippen LogP contribution in [0.25, 0.3) is 0 Å². The molecule has 0 unspecified atom stereocenters. The van der Waals surface area contributed by atoms with Crippen molar-refractivity contribution in [3.63, 3.8) is 0 Å². The highest BCUT2D eigenvalue weighted by Gasteiger charge is 2.24. The summed E-state index contributed by atoms with van der Waals surface area (Å²) < 4.78 is 26.5. The van der Waals surface area contributed by atoms with Crippen LogP contribution in [0.4, 0.5) is 5.69 Å². The molecule has 1 aromatic carbocycles. The highest BCUT2D eigenvalue weighted by atomic mass is 35.5. The van der Waals surface area contributed by atoms with Crippen molar-refractivity contribution in [1.29, 1.82) is 0 Å². The Balaban J connectivity index is 2.54. The average Bonchev–Trinajstić information content (AvgIpc) is 2.83. The van der Waals surface area contributed by atoms with Crippen molar-refractivity contribution in [2.45, 2.75) is 4.90 Å². The fourth-order valence-corrected chi connectivity index (χ4v) is 3.37. The third kappa shape index (κ3) is 2.87. The zero-order valence-electron chi connectivity index (χ0n) is 9.59. The number of aromatic nitrogens is 2. The van der Waals surface area contributed by atoms with Crippen LogP contribution in [0, 0.1) is 0 Å². The minimum atomic E-state index is -4.08. The molecule has 2 rings (SSSR count). The molecule has 0 aliphatic heterocycles. The molecule has 0 aliphatic rings. The first-order valence-electron chi connectivity index (χ1n) is 5.05. The Morgan fingerprint density at radius 3 is 2.60 bits per heavy atom. The first kappa shape index (κ1) is 14.6. The number of H-pyrrole nitrogens is 1. The number of nitrogens with one attached hydrogen (secondary N) is 2. The molecule has 0 radical (unpaired) electrons. The monoisotopic (exact) mass is 335 g/mol. The van der Waals surface area contributed by atoms with Crippen LogP contribution in [0.2, 0.25) is 10.0 Å². The Bertz CT molecular complexity index is 759. The molecule has 0 fully saturated rings. The second-order valence-corrected chi connectivity index (χ2v) is 6.13. The standard InChI is InChI=1S/C10H7Cl2N3O4S/c11-5-1-7(10(16)17)9(12)8(2-5)20(18,19)15-6-3-13-14-4-6/h1-4,15H,(H,13,14)(H,16,17). The van der Waals surface area contributed by atoms with Gasteiger partial charge in [0.2, 0.25) is 0 Å². The number of aromatic amines is 1. The molecule has 0 spiro atoms. The SMILES string of the molecule is O=C(O)c1cc(Cl)cc(S(=O)(=O)Nc2cn[nH]c2)c1Cl. The Hall–Kier alpha value is -1.77. The van der Waals surface area contributed by atoms with E-state index in [-0.39, 0.29) is 10.7 Å². The third-order valence-corrected chi connectivity index (χ3v) is 4.42. The number of aromatic carboxylic acids is 1. The lowest BCUT2D eigenvalue weighted by atomic mass is 10.2. The summed E-state index contributed by atoms with van der Waals surface area (Å²) in [5.74, 6) is -1.38. The number of carbonyl (C=O) groups is 1. The van der Waals surface area contributed by atoms with E-state index in [0.29, 0.717) is 0 Å². The summed E-state index contributed by atoms with van der Waals surface area (Å²) in [6.07, 6.45) is 2.56. The molecule has 3 N–H and O–H groups in total. The van der Waals surface area contributed by atoms with Crippen molar-refractivity contribution in [3.05, 3.63) is 40.1 Å². The van der Waals surface area contributed by atoms with E-state index in [1.54, 1.807) is 0 Å². The largest absolute Gasteiger partial charge is 0.478 e. The van der Waals surface area contributed by atoms with E-state index in [1.165, 1.54) is 12.4 Å². The van der Waals surface area contributed by atoms with Crippen molar-refractivity contribution in [3.8, 4) is 0 Å². The predicted molar refractivity (Wildman–Crippen MR) is 72.8 cm³/mol. The van der Waals surface area contributed by atoms with Crippen LogP contribution in [0.15, 0.2) is 29.4 Å². The number of hydrogen-bond acceptors (Lipinski definition) is 4. The van der Waals surface area contributed by atoms with Gasteiger partial charge in [0.1, 0.15) is 4.90 Å². The van der Waals surface area contributed by atoms with Crippen LogP contribution >= 0.6 is 23.2 Å². The van der Waals surface area contributed by atoms with E-state index in [4.69, 9.17) is 28.3 Å². The molecule has 1 heterocycles. The highest BCUT2D eigenvalue weighted by Crippen LogP contribution is 2.30. The normalized spacial score (nSPS) is 11.3. The van der Waals surface area contributed by atoms with Gasteiger partial charge in [0.05, 0.1) is 22.5 Å². The van der Waals surface area contributed by atoms with Crippen LogP contribution in [-0.2, 0) is 10.0 Å². The molecule has 106 valence electrons. The van der Waals surface area contributed by atoms with Crippen LogP contribution in [0.1, 0.15) is 10.4 Å². The molecule has 0 saturated carbocycles. The van der Waals surface area contributed by atoms with Gasteiger partial charge in [-0.1, -0.05) is 23.2 Å². The maximum Gasteiger partial charge on any atom is 0.337 e. The first-order chi connectivity index (χ1) is 9.31. The number of rotatable bonds is 4. The summed E-state index contributed by atoms with van der Waals surface area (Å²) in [5, 5.41) is 14.5. The number of benzene rings is 1. The van der Waals surface area contributed by atoms with Gasteiger partial charge >= 0.3 is 5.97 Å². The number of hydrogen-bond donors (Lipinski definition) is 3. The topological polar surface area (TPSA) is 112 Å². The zero-order valence-corrected chi connectivity index (χ0v) is 11.9. The smallest absolute Gasteiger partial charge is 0.337 e. The van der Waals surface area contributed by atoms with Crippen LogP contribution < -0.4 is 4.72 Å². The van der Waals surface area contributed by atoms with E-state index >= 15 is 0 Å². The van der Waals surface area contributed by atoms with Crippen LogP contribution in [0.5, 0.6) is 0 Å². The van der Waals surface area contributed by atoms with Gasteiger partial charge in [-0.15, -0.1) is 0 Å². The molecule has 20 heavy (non-hydrogen) atoms. The lowest BCUT2D eigenvalue weighted by Gasteiger charge is -2.10. The minimum Gasteiger partial charge on any atom is -0.478 e. The van der Waals surface area contributed by atoms with Crippen molar-refractivity contribution in [2.75, 3.05) is 4.72 Å². The van der Waals surface area contributed by atoms with Crippen molar-refractivity contribution in [1.82, 2.24) is 10.2 Å². The molecular formula is C10H7Cl2N3O4S. The van der Waals surface area contributed by atoms with E-state index in [9.17, 15) is 13.2 Å². The summed E-state index contributed by atoms with van der Waals surface area (Å²) in [4.78, 5) is 10.6. The summed E-state index contributed by atoms with van der Waals surface area (Å²) in [6.45, 7) is 0. The number of carboxylic acids is 1. The maximum absolute atomic E-state index is 12.2. The third-order valence-electron chi connectivity index (χ3n) is 2.27. The summed E-state index contributed by atoms with van der Waals surface area (Å²) in [6, 6.07) is 2.14. The molecule has 0 amide bonds. The van der Waals surface area contributed by atoms with Crippen molar-refractivity contribution in [2.24, 2.45) is 0 Å². The van der Waals surface area contributed by atoms with Gasteiger partial charge in [0, 0.05) is 11.2 Å². The molecular weight excluding hydrogens is 329 g/mol. The lowest BCUT2D eigenvalue weighted by molar-refractivity contribution is 0.0697. The fraction of sp³-hybridized carbons (Fsp3) is 0. The zero-order chi connectivity index (χ0) is 14.9. The number of anilines is 1. The van der Waals surface area contributed by atoms with Crippen LogP contribution in [0.3, 0.4) is 0 Å². The number of sulfonamides is 1. The van der Waals surface area contributed by atoms with Gasteiger partial charge in [-0.05, 0) is 12.1 Å². The van der Waals surface area contributed by atoms with Gasteiger partial charge in [-0.3, -0.25) is 9.82 Å². The average molecular weight is 336 g/mol. The van der Waals surface area contributed by atoms with E-state index in [2.05, 4.69) is 14.9 Å². The minimum absolute atomic E-state index is 0.0561. The molecule has 2 aromatic rings. The molecule has 0 aliphatic carbocycles. The molecule has 7 nitrogen and oxygen atoms in total. The van der Waals surface area contributed by atoms with Gasteiger partial charge in [-0.25, -0.2) is 13.2 Å². The van der Waals surface area contributed by atoms with E-state index in [0.717, 1.165) is 12.1 Å². The lowest BCUT2D eigenvalue weighted by Crippen LogP contribution is -2.14. The molecule has 0 saturated heterocycles. The molecule has 0 bridgehead atoms. The maximum atomic E-state index is 12.2. The van der Waals surface area contributed by atoms with Crippen molar-refractivity contribution < 1.29 is 18.3 Å². The van der Waals surface area contributed by atoms with Crippen molar-refractivity contribution >= 4 is 44.9 Å². The Morgan fingerprint density at radius 1 is 1.35 bits per heavy atom. The first-order valence-corrected chi connectivity index (χ1v) is 7.29. The van der Waals surface area contributed by atoms with Gasteiger partial charge < -0.3 is 5.11 Å². The van der Waals surface area contributed by atoms with Crippen LogP contribution in [-0.4, -0.2) is 29.7 Å². The molecule has 0 atom stereocenters. The summed E-state index contributed by atoms with van der Waals surface area (Å²) in [7, 11) is -4.08. The Morgan fingerprint density at radius 2 is 2.05 bits per heavy atom.